The second-order valence-corrected chi connectivity index (χ2v) is 10.2. The number of hydrogen-bond acceptors (Lipinski definition) is 3. The maximum atomic E-state index is 12.3. The van der Waals surface area contributed by atoms with E-state index < -0.39 is 16.0 Å². The number of carbonyl (C=O) groups is 1. The first-order chi connectivity index (χ1) is 15.0. The van der Waals surface area contributed by atoms with Crippen molar-refractivity contribution in [3.8, 4) is 0 Å². The van der Waals surface area contributed by atoms with Crippen molar-refractivity contribution in [1.29, 1.82) is 0 Å². The van der Waals surface area contributed by atoms with Crippen molar-refractivity contribution in [3.05, 3.63) is 29.8 Å². The molecule has 0 aliphatic rings. The van der Waals surface area contributed by atoms with Gasteiger partial charge in [-0.3, -0.25) is 0 Å². The number of sulfonamides is 1. The number of nitrogens with one attached hydrogen (secondary N) is 1. The average molecular weight is 454 g/mol. The topological polar surface area (TPSA) is 83.5 Å². The molecule has 31 heavy (non-hydrogen) atoms. The zero-order valence-corrected chi connectivity index (χ0v) is 20.2. The van der Waals surface area contributed by atoms with Gasteiger partial charge in [-0.15, -0.1) is 0 Å². The van der Waals surface area contributed by atoms with E-state index >= 15 is 0 Å². The van der Waals surface area contributed by atoms with Crippen molar-refractivity contribution in [2.45, 2.75) is 115 Å². The van der Waals surface area contributed by atoms with Crippen LogP contribution in [0.15, 0.2) is 29.2 Å². The largest absolute Gasteiger partial charge is 0.478 e. The third-order valence-corrected chi connectivity index (χ3v) is 7.25. The van der Waals surface area contributed by atoms with E-state index in [1.54, 1.807) is 0 Å². The molecule has 5 nitrogen and oxygen atoms in total. The lowest BCUT2D eigenvalue weighted by atomic mass is 10.0. The Balaban J connectivity index is 1.97. The van der Waals surface area contributed by atoms with Crippen molar-refractivity contribution in [2.75, 3.05) is 6.54 Å². The quantitative estimate of drug-likeness (QED) is 0.210. The maximum absolute atomic E-state index is 12.3. The number of carboxylic acids is 1. The highest BCUT2D eigenvalue weighted by atomic mass is 32.2. The second-order valence-electron chi connectivity index (χ2n) is 8.50. The summed E-state index contributed by atoms with van der Waals surface area (Å²) in [5, 5.41) is 9.16. The van der Waals surface area contributed by atoms with Crippen LogP contribution in [0.25, 0.3) is 0 Å². The van der Waals surface area contributed by atoms with Gasteiger partial charge in [-0.05, 0) is 18.6 Å². The van der Waals surface area contributed by atoms with Gasteiger partial charge >= 0.3 is 5.97 Å². The Morgan fingerprint density at radius 1 is 0.742 bits per heavy atom. The van der Waals surface area contributed by atoms with Gasteiger partial charge in [-0.2, -0.15) is 0 Å². The van der Waals surface area contributed by atoms with Gasteiger partial charge in [0, 0.05) is 6.54 Å². The zero-order valence-electron chi connectivity index (χ0n) is 19.4. The van der Waals surface area contributed by atoms with Crippen molar-refractivity contribution in [2.24, 2.45) is 0 Å². The summed E-state index contributed by atoms with van der Waals surface area (Å²) in [7, 11) is -3.79. The predicted molar refractivity (Wildman–Crippen MR) is 128 cm³/mol. The molecular formula is C25H43NO4S. The second kappa shape index (κ2) is 17.2. The smallest absolute Gasteiger partial charge is 0.337 e. The van der Waals surface area contributed by atoms with Crippen LogP contribution in [0.2, 0.25) is 0 Å². The minimum atomic E-state index is -3.79. The van der Waals surface area contributed by atoms with Crippen molar-refractivity contribution in [3.63, 3.8) is 0 Å². The Morgan fingerprint density at radius 3 is 1.61 bits per heavy atom. The number of carboxylic acid groups (broad SMARTS) is 1. The molecule has 0 amide bonds. The monoisotopic (exact) mass is 453 g/mol. The van der Waals surface area contributed by atoms with Gasteiger partial charge in [0.1, 0.15) is 0 Å². The fraction of sp³-hybridized carbons (Fsp3) is 0.720. The first-order valence-corrected chi connectivity index (χ1v) is 13.8. The number of unbranched alkanes of at least 4 members (excludes halogenated alkanes) is 15. The highest BCUT2D eigenvalue weighted by molar-refractivity contribution is 7.89. The van der Waals surface area contributed by atoms with E-state index in [0.29, 0.717) is 6.54 Å². The molecule has 0 aromatic heterocycles. The van der Waals surface area contributed by atoms with Crippen LogP contribution in [-0.4, -0.2) is 26.0 Å². The van der Waals surface area contributed by atoms with E-state index in [1.807, 2.05) is 0 Å². The van der Waals surface area contributed by atoms with Crippen LogP contribution >= 0.6 is 0 Å². The molecule has 1 aromatic carbocycles. The highest BCUT2D eigenvalue weighted by Crippen LogP contribution is 2.16. The Morgan fingerprint density at radius 2 is 1.16 bits per heavy atom. The summed E-state index contributed by atoms with van der Waals surface area (Å²) in [6, 6.07) is 5.71. The number of rotatable bonds is 20. The first-order valence-electron chi connectivity index (χ1n) is 12.3. The van der Waals surface area contributed by atoms with Gasteiger partial charge in [0.05, 0.1) is 10.5 Å². The number of aromatic carboxylic acids is 1. The molecule has 0 saturated carbocycles. The van der Waals surface area contributed by atoms with Crippen LogP contribution in [0, 0.1) is 0 Å². The molecule has 0 atom stereocenters. The average Bonchev–Trinajstić information content (AvgIpc) is 2.76. The SMILES string of the molecule is CCCCCCCCCCCCCCCCCCNS(=O)(=O)c1ccccc1C(=O)O. The Kier molecular flexibility index (Phi) is 15.3. The molecule has 0 fully saturated rings. The first kappa shape index (κ1) is 27.6. The van der Waals surface area contributed by atoms with Crippen LogP contribution in [0.1, 0.15) is 120 Å². The van der Waals surface area contributed by atoms with Gasteiger partial charge in [0.2, 0.25) is 10.0 Å². The summed E-state index contributed by atoms with van der Waals surface area (Å²) >= 11 is 0. The van der Waals surface area contributed by atoms with E-state index in [9.17, 15) is 13.2 Å². The normalized spacial score (nSPS) is 11.6. The molecule has 0 aliphatic heterocycles. The van der Waals surface area contributed by atoms with E-state index in [-0.39, 0.29) is 10.5 Å². The van der Waals surface area contributed by atoms with Crippen LogP contribution in [0.5, 0.6) is 0 Å². The van der Waals surface area contributed by atoms with Gasteiger partial charge in [0.15, 0.2) is 0 Å². The minimum absolute atomic E-state index is 0.168. The lowest BCUT2D eigenvalue weighted by Crippen LogP contribution is -2.26. The Bertz CT molecular complexity index is 703. The van der Waals surface area contributed by atoms with E-state index in [2.05, 4.69) is 11.6 Å². The Hall–Kier alpha value is -1.40. The number of benzene rings is 1. The Labute approximate surface area is 190 Å². The van der Waals surface area contributed by atoms with Gasteiger partial charge in [0.25, 0.3) is 0 Å². The molecule has 178 valence electrons. The van der Waals surface area contributed by atoms with Gasteiger partial charge in [-0.1, -0.05) is 115 Å². The lowest BCUT2D eigenvalue weighted by molar-refractivity contribution is 0.0692. The summed E-state index contributed by atoms with van der Waals surface area (Å²) in [6.45, 7) is 2.60. The summed E-state index contributed by atoms with van der Waals surface area (Å²) in [5.74, 6) is -1.23. The molecule has 0 aliphatic carbocycles. The number of hydrogen-bond donors (Lipinski definition) is 2. The fourth-order valence-corrected chi connectivity index (χ4v) is 5.11. The molecule has 0 heterocycles. The molecule has 0 saturated heterocycles. The molecule has 6 heteroatoms. The molecule has 1 aromatic rings. The summed E-state index contributed by atoms with van der Waals surface area (Å²) in [6.07, 6.45) is 20.4. The van der Waals surface area contributed by atoms with Crippen LogP contribution in [0.4, 0.5) is 0 Å². The summed E-state index contributed by atoms with van der Waals surface area (Å²) in [4.78, 5) is 11.0. The van der Waals surface area contributed by atoms with Crippen LogP contribution < -0.4 is 4.72 Å². The fourth-order valence-electron chi connectivity index (χ4n) is 3.84. The van der Waals surface area contributed by atoms with Crippen molar-refractivity contribution in [1.82, 2.24) is 4.72 Å². The van der Waals surface area contributed by atoms with E-state index in [0.717, 1.165) is 19.3 Å². The molecule has 1 rings (SSSR count). The molecule has 0 spiro atoms. The predicted octanol–water partition coefficient (Wildman–Crippen LogP) is 6.92. The highest BCUT2D eigenvalue weighted by Gasteiger charge is 2.20. The maximum Gasteiger partial charge on any atom is 0.337 e. The van der Waals surface area contributed by atoms with E-state index in [1.165, 1.54) is 108 Å². The minimum Gasteiger partial charge on any atom is -0.478 e. The van der Waals surface area contributed by atoms with Crippen LogP contribution in [-0.2, 0) is 10.0 Å². The zero-order chi connectivity index (χ0) is 22.8. The van der Waals surface area contributed by atoms with Gasteiger partial charge < -0.3 is 5.11 Å². The van der Waals surface area contributed by atoms with Crippen molar-refractivity contribution < 1.29 is 18.3 Å². The molecule has 0 radical (unpaired) electrons. The molecule has 2 N–H and O–H groups in total. The standard InChI is InChI=1S/C25H43NO4S/c1-2-3-4-5-6-7-8-9-10-11-12-13-14-15-16-19-22-26-31(29,30)24-21-18-17-20-23(24)25(27)28/h17-18,20-21,26H,2-16,19,22H2,1H3,(H,27,28). The molecule has 0 bridgehead atoms. The third kappa shape index (κ3) is 12.9. The van der Waals surface area contributed by atoms with Crippen LogP contribution in [0.3, 0.4) is 0 Å². The van der Waals surface area contributed by atoms with E-state index in [4.69, 9.17) is 5.11 Å². The van der Waals surface area contributed by atoms with Crippen molar-refractivity contribution >= 4 is 16.0 Å². The van der Waals surface area contributed by atoms with Gasteiger partial charge in [-0.25, -0.2) is 17.9 Å². The third-order valence-electron chi connectivity index (χ3n) is 5.73. The lowest BCUT2D eigenvalue weighted by Gasteiger charge is -2.09. The molecule has 0 unspecified atom stereocenters. The molecular weight excluding hydrogens is 410 g/mol. The summed E-state index contributed by atoms with van der Waals surface area (Å²) in [5.41, 5.74) is -0.193. The summed E-state index contributed by atoms with van der Waals surface area (Å²) < 4.78 is 27.2.